The summed E-state index contributed by atoms with van der Waals surface area (Å²) in [6.07, 6.45) is 0.288. The van der Waals surface area contributed by atoms with Gasteiger partial charge >= 0.3 is 5.97 Å². The molecule has 0 spiro atoms. The van der Waals surface area contributed by atoms with E-state index in [1.807, 2.05) is 36.4 Å². The predicted octanol–water partition coefficient (Wildman–Crippen LogP) is 2.01. The van der Waals surface area contributed by atoms with E-state index in [0.717, 1.165) is 16.7 Å². The van der Waals surface area contributed by atoms with Crippen LogP contribution in [0.15, 0.2) is 48.5 Å². The molecule has 0 bridgehead atoms. The maximum Gasteiger partial charge on any atom is 0.320 e. The lowest BCUT2D eigenvalue weighted by atomic mass is 10.0. The number of rotatable bonds is 4. The van der Waals surface area contributed by atoms with Gasteiger partial charge in [-0.15, -0.1) is 0 Å². The highest BCUT2D eigenvalue weighted by atomic mass is 16.4. The number of aliphatic carboxylic acids is 1. The van der Waals surface area contributed by atoms with Crippen LogP contribution in [0.1, 0.15) is 5.56 Å². The van der Waals surface area contributed by atoms with Gasteiger partial charge in [0.15, 0.2) is 0 Å². The van der Waals surface area contributed by atoms with Gasteiger partial charge in [0, 0.05) is 5.56 Å². The Labute approximate surface area is 111 Å². The molecule has 0 fully saturated rings. The van der Waals surface area contributed by atoms with Gasteiger partial charge in [0.05, 0.1) is 0 Å². The van der Waals surface area contributed by atoms with E-state index in [1.54, 1.807) is 12.1 Å². The van der Waals surface area contributed by atoms with Gasteiger partial charge in [0.2, 0.25) is 0 Å². The largest absolute Gasteiger partial charge is 0.507 e. The Morgan fingerprint density at radius 1 is 1.11 bits per heavy atom. The van der Waals surface area contributed by atoms with Crippen LogP contribution in [-0.2, 0) is 11.2 Å². The molecule has 98 valence electrons. The lowest BCUT2D eigenvalue weighted by molar-refractivity contribution is -0.138. The van der Waals surface area contributed by atoms with Crippen LogP contribution in [0.5, 0.6) is 5.75 Å². The van der Waals surface area contributed by atoms with Gasteiger partial charge in [-0.2, -0.15) is 0 Å². The minimum absolute atomic E-state index is 0.220. The molecule has 19 heavy (non-hydrogen) atoms. The molecule has 0 aromatic heterocycles. The maximum absolute atomic E-state index is 10.7. The van der Waals surface area contributed by atoms with E-state index in [2.05, 4.69) is 0 Å². The number of carboxylic acids is 1. The number of phenolic OH excluding ortho intramolecular Hbond substituents is 1. The predicted molar refractivity (Wildman–Crippen MR) is 72.9 cm³/mol. The fourth-order valence-electron chi connectivity index (χ4n) is 1.88. The summed E-state index contributed by atoms with van der Waals surface area (Å²) in [5.74, 6) is -0.790. The van der Waals surface area contributed by atoms with Crippen LogP contribution in [0, 0.1) is 0 Å². The minimum atomic E-state index is -1.01. The van der Waals surface area contributed by atoms with Crippen LogP contribution >= 0.6 is 0 Å². The highest BCUT2D eigenvalue weighted by Gasteiger charge is 2.12. The highest BCUT2D eigenvalue weighted by molar-refractivity contribution is 5.74. The second kappa shape index (κ2) is 5.54. The number of aromatic hydroxyl groups is 1. The van der Waals surface area contributed by atoms with Gasteiger partial charge in [-0.3, -0.25) is 4.79 Å². The van der Waals surface area contributed by atoms with Crippen LogP contribution in [0.25, 0.3) is 11.1 Å². The molecule has 0 heterocycles. The first-order chi connectivity index (χ1) is 9.08. The lowest BCUT2D eigenvalue weighted by Gasteiger charge is -2.08. The number of hydrogen-bond donors (Lipinski definition) is 3. The average Bonchev–Trinajstić information content (AvgIpc) is 2.40. The number of carbonyl (C=O) groups is 1. The number of phenols is 1. The van der Waals surface area contributed by atoms with E-state index in [1.165, 1.54) is 0 Å². The number of nitrogens with two attached hydrogens (primary N) is 1. The fraction of sp³-hybridized carbons (Fsp3) is 0.133. The lowest BCUT2D eigenvalue weighted by Crippen LogP contribution is -2.32. The van der Waals surface area contributed by atoms with Gasteiger partial charge in [-0.1, -0.05) is 42.5 Å². The molecule has 2 rings (SSSR count). The summed E-state index contributed by atoms with van der Waals surface area (Å²) in [6.45, 7) is 0. The zero-order valence-electron chi connectivity index (χ0n) is 10.3. The Hall–Kier alpha value is -2.33. The number of carboxylic acid groups (broad SMARTS) is 1. The van der Waals surface area contributed by atoms with E-state index in [9.17, 15) is 9.90 Å². The molecular weight excluding hydrogens is 242 g/mol. The van der Waals surface area contributed by atoms with Crippen LogP contribution in [0.3, 0.4) is 0 Å². The van der Waals surface area contributed by atoms with Crippen molar-refractivity contribution in [1.82, 2.24) is 0 Å². The third kappa shape index (κ3) is 3.11. The van der Waals surface area contributed by atoms with E-state index in [4.69, 9.17) is 10.8 Å². The summed E-state index contributed by atoms with van der Waals surface area (Å²) in [6, 6.07) is 13.5. The Morgan fingerprint density at radius 2 is 1.74 bits per heavy atom. The van der Waals surface area contributed by atoms with Crippen molar-refractivity contribution in [2.24, 2.45) is 5.73 Å². The molecular formula is C15H15NO3. The summed E-state index contributed by atoms with van der Waals surface area (Å²) < 4.78 is 0. The summed E-state index contributed by atoms with van der Waals surface area (Å²) in [7, 11) is 0. The normalized spacial score (nSPS) is 12.1. The third-order valence-corrected chi connectivity index (χ3v) is 2.94. The van der Waals surface area contributed by atoms with Crippen molar-refractivity contribution in [2.45, 2.75) is 12.5 Å². The van der Waals surface area contributed by atoms with Crippen molar-refractivity contribution in [1.29, 1.82) is 0 Å². The SMILES string of the molecule is N[C@@H](Cc1ccc(-c2ccccc2O)cc1)C(=O)O. The summed E-state index contributed by atoms with van der Waals surface area (Å²) >= 11 is 0. The van der Waals surface area contributed by atoms with E-state index >= 15 is 0 Å². The smallest absolute Gasteiger partial charge is 0.320 e. The van der Waals surface area contributed by atoms with Crippen LogP contribution in [0.2, 0.25) is 0 Å². The quantitative estimate of drug-likeness (QED) is 0.782. The second-order valence-corrected chi connectivity index (χ2v) is 4.36. The van der Waals surface area contributed by atoms with E-state index in [0.29, 0.717) is 0 Å². The average molecular weight is 257 g/mol. The number of hydrogen-bond acceptors (Lipinski definition) is 3. The van der Waals surface area contributed by atoms with E-state index < -0.39 is 12.0 Å². The highest BCUT2D eigenvalue weighted by Crippen LogP contribution is 2.28. The molecule has 0 unspecified atom stereocenters. The Morgan fingerprint density at radius 3 is 2.32 bits per heavy atom. The van der Waals surface area contributed by atoms with Gasteiger partial charge in [0.25, 0.3) is 0 Å². The molecule has 2 aromatic carbocycles. The Kier molecular flexibility index (Phi) is 3.82. The zero-order valence-corrected chi connectivity index (χ0v) is 10.3. The Balaban J connectivity index is 2.19. The molecule has 4 nitrogen and oxygen atoms in total. The standard InChI is InChI=1S/C15H15NO3/c16-13(15(18)19)9-10-5-7-11(8-6-10)12-3-1-2-4-14(12)17/h1-8,13,17H,9,16H2,(H,18,19)/t13-/m0/s1. The summed E-state index contributed by atoms with van der Waals surface area (Å²) in [5, 5.41) is 18.5. The molecule has 0 aliphatic rings. The van der Waals surface area contributed by atoms with Crippen LogP contribution < -0.4 is 5.73 Å². The molecule has 2 aromatic rings. The fourth-order valence-corrected chi connectivity index (χ4v) is 1.88. The van der Waals surface area contributed by atoms with Gasteiger partial charge in [-0.05, 0) is 23.6 Å². The molecule has 4 N–H and O–H groups in total. The van der Waals surface area contributed by atoms with Crippen molar-refractivity contribution < 1.29 is 15.0 Å². The molecule has 0 saturated carbocycles. The molecule has 0 aliphatic carbocycles. The maximum atomic E-state index is 10.7. The number of para-hydroxylation sites is 1. The summed E-state index contributed by atoms with van der Waals surface area (Å²) in [4.78, 5) is 10.7. The molecule has 0 radical (unpaired) electrons. The molecule has 4 heteroatoms. The first kappa shape index (κ1) is 13.1. The second-order valence-electron chi connectivity index (χ2n) is 4.36. The van der Waals surface area contributed by atoms with Crippen molar-refractivity contribution in [3.8, 4) is 16.9 Å². The van der Waals surface area contributed by atoms with Crippen molar-refractivity contribution >= 4 is 5.97 Å². The number of benzene rings is 2. The minimum Gasteiger partial charge on any atom is -0.507 e. The monoisotopic (exact) mass is 257 g/mol. The zero-order chi connectivity index (χ0) is 13.8. The first-order valence-corrected chi connectivity index (χ1v) is 5.93. The van der Waals surface area contributed by atoms with Crippen molar-refractivity contribution in [3.05, 3.63) is 54.1 Å². The van der Waals surface area contributed by atoms with Crippen LogP contribution in [-0.4, -0.2) is 22.2 Å². The van der Waals surface area contributed by atoms with Gasteiger partial charge in [0.1, 0.15) is 11.8 Å². The third-order valence-electron chi connectivity index (χ3n) is 2.94. The van der Waals surface area contributed by atoms with Gasteiger partial charge in [-0.25, -0.2) is 0 Å². The molecule has 0 saturated heterocycles. The summed E-state index contributed by atoms with van der Waals surface area (Å²) in [5.41, 5.74) is 7.97. The molecule has 1 atom stereocenters. The Bertz CT molecular complexity index is 578. The molecule has 0 aliphatic heterocycles. The van der Waals surface area contributed by atoms with Crippen molar-refractivity contribution in [2.75, 3.05) is 0 Å². The first-order valence-electron chi connectivity index (χ1n) is 5.93. The van der Waals surface area contributed by atoms with Crippen LogP contribution in [0.4, 0.5) is 0 Å². The van der Waals surface area contributed by atoms with Gasteiger partial charge < -0.3 is 15.9 Å². The van der Waals surface area contributed by atoms with E-state index in [-0.39, 0.29) is 12.2 Å². The topological polar surface area (TPSA) is 83.5 Å². The van der Waals surface area contributed by atoms with Crippen molar-refractivity contribution in [3.63, 3.8) is 0 Å². The molecule has 0 amide bonds.